The molecule has 77 heavy (non-hydrogen) atoms. The number of Topliss-reactive ketones (excluding diaryl/α,β-unsaturated/α-hetero) is 3. The smallest absolute Gasteiger partial charge is 0.460 e. The average Bonchev–Trinajstić information content (AvgIpc) is 3.41. The third-order valence-corrected chi connectivity index (χ3v) is 15.9. The summed E-state index contributed by atoms with van der Waals surface area (Å²) in [6.07, 6.45) is 8.42. The van der Waals surface area contributed by atoms with E-state index in [1.807, 2.05) is 51.2 Å². The van der Waals surface area contributed by atoms with Gasteiger partial charge in [-0.2, -0.15) is 0 Å². The molecule has 1 aliphatic carbocycles. The Morgan fingerprint density at radius 1 is 0.870 bits per heavy atom. The summed E-state index contributed by atoms with van der Waals surface area (Å²) in [5, 5.41) is 34.6. The van der Waals surface area contributed by atoms with Crippen LogP contribution in [0.5, 0.6) is 5.75 Å². The highest BCUT2D eigenvalue weighted by molar-refractivity contribution is 6.39. The number of aliphatic hydroxyl groups is 2. The highest BCUT2D eigenvalue weighted by Gasteiger charge is 2.53. The number of aliphatic hydroxyl groups excluding tert-OH is 1. The number of methoxy groups -OCH3 is 3. The van der Waals surface area contributed by atoms with Gasteiger partial charge in [-0.25, -0.2) is 9.59 Å². The van der Waals surface area contributed by atoms with Gasteiger partial charge in [-0.1, -0.05) is 71.1 Å². The summed E-state index contributed by atoms with van der Waals surface area (Å²) in [6, 6.07) is 3.77. The lowest BCUT2D eigenvalue weighted by molar-refractivity contribution is -0.384. The van der Waals surface area contributed by atoms with Crippen LogP contribution in [0.15, 0.2) is 71.9 Å². The molecule has 1 aromatic rings. The van der Waals surface area contributed by atoms with E-state index in [1.165, 1.54) is 38.5 Å². The number of nitro groups is 1. The molecule has 0 spiro atoms. The van der Waals surface area contributed by atoms with Crippen molar-refractivity contribution in [2.24, 2.45) is 35.5 Å². The van der Waals surface area contributed by atoms with Crippen molar-refractivity contribution >= 4 is 41.1 Å². The quantitative estimate of drug-likeness (QED) is 0.0589. The van der Waals surface area contributed by atoms with Crippen LogP contribution in [0.4, 0.5) is 10.5 Å². The van der Waals surface area contributed by atoms with Gasteiger partial charge in [-0.3, -0.25) is 29.3 Å². The summed E-state index contributed by atoms with van der Waals surface area (Å²) < 4.78 is 40.6. The molecule has 3 heterocycles. The van der Waals surface area contributed by atoms with Gasteiger partial charge in [-0.15, -0.1) is 0 Å². The summed E-state index contributed by atoms with van der Waals surface area (Å²) in [7, 11) is 4.41. The van der Waals surface area contributed by atoms with Crippen molar-refractivity contribution in [3.8, 4) is 5.75 Å². The molecule has 1 amide bonds. The van der Waals surface area contributed by atoms with Crippen LogP contribution in [0.2, 0.25) is 0 Å². The number of fused-ring (bicyclic) bond motifs is 3. The Hall–Kier alpha value is -5.44. The van der Waals surface area contributed by atoms with Gasteiger partial charge < -0.3 is 48.3 Å². The third kappa shape index (κ3) is 16.8. The van der Waals surface area contributed by atoms with Crippen molar-refractivity contribution < 1.29 is 77.1 Å². The Bertz CT molecular complexity index is 2350. The first kappa shape index (κ1) is 62.4. The highest BCUT2D eigenvalue weighted by atomic mass is 16.7. The SMILES string of the molecule is COC1C[C@@H]2CC[C@@H](C)[C@@](O)(O2)C(=O)C(=O)N2CCCC[C@H]2C(=O)O[C@H]([C@H](C)C[C@@H]2CC[C@@H](OC(=O)Oc3ccc([N+](=O)[O-])cc3)[C@H](OC)C2)CC(=O)[C@H](C)/C=C(\C)[C@@H](O)[C@@H](OC)C(=O)[C@H](C)C[C@H](C)\C=C/C=C/C=C/1C. The van der Waals surface area contributed by atoms with Gasteiger partial charge in [0.05, 0.1) is 23.2 Å². The van der Waals surface area contributed by atoms with Crippen LogP contribution in [0.3, 0.4) is 0 Å². The summed E-state index contributed by atoms with van der Waals surface area (Å²) in [5.41, 5.74) is 1.03. The number of ether oxygens (including phenoxy) is 7. The van der Waals surface area contributed by atoms with E-state index in [0.717, 1.165) is 10.5 Å². The number of cyclic esters (lactones) is 1. The topological polar surface area (TPSA) is 254 Å². The monoisotopic (exact) mass is 1080 g/mol. The Morgan fingerprint density at radius 3 is 2.25 bits per heavy atom. The molecule has 19 heteroatoms. The van der Waals surface area contributed by atoms with E-state index in [-0.39, 0.29) is 60.6 Å². The zero-order valence-corrected chi connectivity index (χ0v) is 46.5. The molecule has 2 N–H and O–H groups in total. The molecule has 0 radical (unpaired) electrons. The number of ketones is 3. The number of allylic oxidation sites excluding steroid dienone is 6. The van der Waals surface area contributed by atoms with Crippen LogP contribution in [-0.4, -0.2) is 138 Å². The number of carbonyl (C=O) groups excluding carboxylic acids is 6. The maximum atomic E-state index is 14.6. The van der Waals surface area contributed by atoms with Crippen molar-refractivity contribution in [1.29, 1.82) is 0 Å². The van der Waals surface area contributed by atoms with E-state index in [0.29, 0.717) is 63.4 Å². The molecule has 1 unspecified atom stereocenters. The fraction of sp³-hybridized carbons (Fsp3) is 0.655. The maximum absolute atomic E-state index is 14.6. The first-order valence-electron chi connectivity index (χ1n) is 27.1. The molecule has 2 bridgehead atoms. The third-order valence-electron chi connectivity index (χ3n) is 15.9. The summed E-state index contributed by atoms with van der Waals surface area (Å²) in [6.45, 7) is 12.5. The highest BCUT2D eigenvalue weighted by Crippen LogP contribution is 2.38. The predicted octanol–water partition coefficient (Wildman–Crippen LogP) is 8.31. The second kappa shape index (κ2) is 29.0. The first-order valence-corrected chi connectivity index (χ1v) is 27.1. The molecule has 3 fully saturated rings. The molecule has 15 atom stereocenters. The van der Waals surface area contributed by atoms with Crippen LogP contribution in [0.1, 0.15) is 126 Å². The molecule has 5 rings (SSSR count). The van der Waals surface area contributed by atoms with Crippen LogP contribution in [0, 0.1) is 45.6 Å². The summed E-state index contributed by atoms with van der Waals surface area (Å²) >= 11 is 0. The summed E-state index contributed by atoms with van der Waals surface area (Å²) in [4.78, 5) is 95.9. The standard InChI is InChI=1S/C58H82N2O17/c1-34-16-12-11-13-17-35(2)48(71-8)32-44-23-19-40(7)58(68,77-44)54(64)55(65)59-27-15-14-18-45(59)56(66)75-49(33-46(61)36(3)29-39(6)52(63)53(73-10)51(62)38(5)28-34)37(4)30-41-20-26-47(50(31-41)72-9)76-57(67)74-43-24-21-42(22-25-43)60(69)70/h11-13,16-17,21-22,24-25,29,34,36-38,40-41,44-45,47-50,52-53,63,68H,14-15,18-20,23,26-28,30-33H2,1-10H3/b13-11+,16-12-,35-17+,39-29+/t34-,36-,37-,38-,40-,41+,44+,45+,47-,48?,49+,50-,52-,53+,58-/m1/s1. The predicted molar refractivity (Wildman–Crippen MR) is 283 cm³/mol. The molecule has 0 aromatic heterocycles. The zero-order valence-electron chi connectivity index (χ0n) is 46.5. The van der Waals surface area contributed by atoms with Gasteiger partial charge in [0.1, 0.15) is 42.0 Å². The number of carbonyl (C=O) groups is 6. The lowest BCUT2D eigenvalue weighted by Crippen LogP contribution is -2.61. The lowest BCUT2D eigenvalue weighted by Gasteiger charge is -2.42. The van der Waals surface area contributed by atoms with Crippen molar-refractivity contribution in [3.05, 3.63) is 82.0 Å². The van der Waals surface area contributed by atoms with Crippen LogP contribution < -0.4 is 4.74 Å². The van der Waals surface area contributed by atoms with Crippen molar-refractivity contribution in [2.75, 3.05) is 27.9 Å². The number of nitrogens with zero attached hydrogens (tertiary/aromatic N) is 2. The number of hydrogen-bond donors (Lipinski definition) is 2. The van der Waals surface area contributed by atoms with Crippen molar-refractivity contribution in [2.45, 2.75) is 180 Å². The maximum Gasteiger partial charge on any atom is 0.514 e. The molecular weight excluding hydrogens is 997 g/mol. The molecule has 426 valence electrons. The normalized spacial score (nSPS) is 35.7. The molecule has 1 aromatic carbocycles. The Kier molecular flexibility index (Phi) is 23.5. The van der Waals surface area contributed by atoms with Gasteiger partial charge in [0.15, 0.2) is 5.78 Å². The van der Waals surface area contributed by atoms with E-state index in [4.69, 9.17) is 33.2 Å². The fourth-order valence-corrected chi connectivity index (χ4v) is 11.1. The first-order chi connectivity index (χ1) is 36.5. The minimum absolute atomic E-state index is 0.0150. The van der Waals surface area contributed by atoms with Crippen molar-refractivity contribution in [3.63, 3.8) is 0 Å². The number of non-ortho nitro benzene ring substituents is 1. The molecule has 19 nitrogen and oxygen atoms in total. The lowest BCUT2D eigenvalue weighted by atomic mass is 9.78. The fourth-order valence-electron chi connectivity index (χ4n) is 11.1. The van der Waals surface area contributed by atoms with E-state index < -0.39 is 107 Å². The van der Waals surface area contributed by atoms with Crippen LogP contribution in [-0.2, 0) is 52.4 Å². The van der Waals surface area contributed by atoms with Crippen LogP contribution in [0.25, 0.3) is 0 Å². The van der Waals surface area contributed by atoms with Crippen LogP contribution >= 0.6 is 0 Å². The minimum atomic E-state index is -2.48. The van der Waals surface area contributed by atoms with Gasteiger partial charge in [0.2, 0.25) is 5.79 Å². The summed E-state index contributed by atoms with van der Waals surface area (Å²) in [5.74, 6) is -8.71. The van der Waals surface area contributed by atoms with Gasteiger partial charge in [0.25, 0.3) is 17.4 Å². The number of benzene rings is 1. The number of hydrogen-bond acceptors (Lipinski definition) is 17. The van der Waals surface area contributed by atoms with E-state index >= 15 is 0 Å². The molecule has 1 saturated carbocycles. The Morgan fingerprint density at radius 2 is 1.58 bits per heavy atom. The second-order valence-corrected chi connectivity index (χ2v) is 21.8. The van der Waals surface area contributed by atoms with Crippen molar-refractivity contribution in [1.82, 2.24) is 4.90 Å². The largest absolute Gasteiger partial charge is 0.514 e. The number of nitro benzene ring substituents is 1. The van der Waals surface area contributed by atoms with Gasteiger partial charge in [0, 0.05) is 70.6 Å². The van der Waals surface area contributed by atoms with E-state index in [9.17, 15) is 49.1 Å². The zero-order chi connectivity index (χ0) is 56.7. The van der Waals surface area contributed by atoms with Gasteiger partial charge in [-0.05, 0) is 119 Å². The average molecular weight is 1080 g/mol. The molecule has 2 saturated heterocycles. The molecular formula is C58H82N2O17. The number of piperidine rings is 1. The Labute approximate surface area is 452 Å². The number of esters is 1. The van der Waals surface area contributed by atoms with Gasteiger partial charge >= 0.3 is 12.1 Å². The minimum Gasteiger partial charge on any atom is -0.460 e. The Balaban J connectivity index is 1.42. The van der Waals surface area contributed by atoms with E-state index in [2.05, 4.69) is 0 Å². The number of rotatable bonds is 9. The van der Waals surface area contributed by atoms with E-state index in [1.54, 1.807) is 40.9 Å². The molecule has 3 aliphatic heterocycles. The number of amides is 1. The molecule has 4 aliphatic rings. The second-order valence-electron chi connectivity index (χ2n) is 21.8.